The zero-order valence-electron chi connectivity index (χ0n) is 9.01. The van der Waals surface area contributed by atoms with Crippen molar-refractivity contribution >= 4 is 0 Å². The highest BCUT2D eigenvalue weighted by Gasteiger charge is 2.17. The highest BCUT2D eigenvalue weighted by molar-refractivity contribution is 5.29. The van der Waals surface area contributed by atoms with Crippen LogP contribution in [-0.2, 0) is 6.42 Å². The maximum atomic E-state index is 13.4. The summed E-state index contributed by atoms with van der Waals surface area (Å²) in [5, 5.41) is 9.49. The monoisotopic (exact) mass is 234 g/mol. The van der Waals surface area contributed by atoms with Gasteiger partial charge >= 0.3 is 6.61 Å². The topological polar surface area (TPSA) is 29.5 Å². The van der Waals surface area contributed by atoms with Crippen molar-refractivity contribution in [3.8, 4) is 5.75 Å². The van der Waals surface area contributed by atoms with E-state index >= 15 is 0 Å². The Kier molecular flexibility index (Phi) is 3.80. The van der Waals surface area contributed by atoms with Gasteiger partial charge in [-0.05, 0) is 25.5 Å². The van der Waals surface area contributed by atoms with Gasteiger partial charge in [-0.25, -0.2) is 4.39 Å². The van der Waals surface area contributed by atoms with E-state index in [4.69, 9.17) is 0 Å². The number of rotatable bonds is 4. The molecule has 0 spiro atoms. The largest absolute Gasteiger partial charge is 0.435 e. The summed E-state index contributed by atoms with van der Waals surface area (Å²) in [6.07, 6.45) is 0.105. The van der Waals surface area contributed by atoms with Gasteiger partial charge in [0.15, 0.2) is 0 Å². The number of alkyl halides is 2. The summed E-state index contributed by atoms with van der Waals surface area (Å²) >= 11 is 0. The van der Waals surface area contributed by atoms with Crippen LogP contribution in [-0.4, -0.2) is 17.3 Å². The van der Waals surface area contributed by atoms with Crippen LogP contribution in [0.25, 0.3) is 0 Å². The third-order valence-electron chi connectivity index (χ3n) is 1.87. The van der Waals surface area contributed by atoms with E-state index in [0.717, 1.165) is 6.07 Å². The number of aliphatic hydroxyl groups is 1. The van der Waals surface area contributed by atoms with Gasteiger partial charge in [0.05, 0.1) is 5.60 Å². The molecule has 90 valence electrons. The number of halogens is 3. The van der Waals surface area contributed by atoms with Crippen molar-refractivity contribution < 1.29 is 23.0 Å². The molecule has 0 aliphatic carbocycles. The molecule has 16 heavy (non-hydrogen) atoms. The second kappa shape index (κ2) is 4.74. The van der Waals surface area contributed by atoms with E-state index < -0.39 is 18.0 Å². The molecule has 1 aromatic rings. The lowest BCUT2D eigenvalue weighted by molar-refractivity contribution is -0.0500. The minimum absolute atomic E-state index is 0.105. The van der Waals surface area contributed by atoms with Gasteiger partial charge < -0.3 is 9.84 Å². The summed E-state index contributed by atoms with van der Waals surface area (Å²) in [5.41, 5.74) is -0.791. The average Bonchev–Trinajstić information content (AvgIpc) is 2.06. The molecule has 2 nitrogen and oxygen atoms in total. The first kappa shape index (κ1) is 12.8. The number of ether oxygens (including phenoxy) is 1. The molecule has 0 amide bonds. The van der Waals surface area contributed by atoms with Crippen LogP contribution in [0.2, 0.25) is 0 Å². The summed E-state index contributed by atoms with van der Waals surface area (Å²) < 4.78 is 41.1. The Balaban J connectivity index is 2.83. The molecule has 0 fully saturated rings. The first-order chi connectivity index (χ1) is 7.28. The highest BCUT2D eigenvalue weighted by Crippen LogP contribution is 2.21. The second-order valence-corrected chi connectivity index (χ2v) is 4.12. The molecular formula is C11H13F3O2. The molecular weight excluding hydrogens is 221 g/mol. The number of hydrogen-bond acceptors (Lipinski definition) is 2. The lowest BCUT2D eigenvalue weighted by atomic mass is 9.98. The zero-order chi connectivity index (χ0) is 12.3. The van der Waals surface area contributed by atoms with Gasteiger partial charge in [0.1, 0.15) is 11.6 Å². The Morgan fingerprint density at radius 3 is 2.44 bits per heavy atom. The van der Waals surface area contributed by atoms with Crippen molar-refractivity contribution in [3.05, 3.63) is 29.6 Å². The first-order valence-electron chi connectivity index (χ1n) is 4.73. The van der Waals surface area contributed by atoms with Crippen LogP contribution in [0.5, 0.6) is 5.75 Å². The molecule has 0 atom stereocenters. The predicted octanol–water partition coefficient (Wildman–Crippen LogP) is 2.74. The molecule has 0 unspecified atom stereocenters. The van der Waals surface area contributed by atoms with Crippen LogP contribution in [0.3, 0.4) is 0 Å². The molecule has 1 rings (SSSR count). The third-order valence-corrected chi connectivity index (χ3v) is 1.87. The van der Waals surface area contributed by atoms with Gasteiger partial charge in [-0.1, -0.05) is 6.07 Å². The summed E-state index contributed by atoms with van der Waals surface area (Å²) in [5.74, 6) is -0.896. The molecule has 0 radical (unpaired) electrons. The maximum absolute atomic E-state index is 13.4. The Morgan fingerprint density at radius 1 is 1.38 bits per heavy atom. The van der Waals surface area contributed by atoms with E-state index in [-0.39, 0.29) is 17.7 Å². The molecule has 0 saturated carbocycles. The Labute approximate surface area is 91.7 Å². The molecule has 0 aliphatic heterocycles. The van der Waals surface area contributed by atoms with E-state index in [0.29, 0.717) is 0 Å². The molecule has 0 heterocycles. The molecule has 1 aromatic carbocycles. The quantitative estimate of drug-likeness (QED) is 0.868. The molecule has 0 aliphatic rings. The summed E-state index contributed by atoms with van der Waals surface area (Å²) in [4.78, 5) is 0. The zero-order valence-corrected chi connectivity index (χ0v) is 9.01. The average molecular weight is 234 g/mol. The van der Waals surface area contributed by atoms with E-state index in [1.165, 1.54) is 26.0 Å². The van der Waals surface area contributed by atoms with Gasteiger partial charge in [-0.15, -0.1) is 0 Å². The minimum Gasteiger partial charge on any atom is -0.435 e. The van der Waals surface area contributed by atoms with Crippen LogP contribution in [0.1, 0.15) is 19.4 Å². The van der Waals surface area contributed by atoms with Crippen LogP contribution in [0.4, 0.5) is 13.2 Å². The van der Waals surface area contributed by atoms with Crippen LogP contribution >= 0.6 is 0 Å². The number of benzene rings is 1. The van der Waals surface area contributed by atoms with Crippen molar-refractivity contribution in [1.29, 1.82) is 0 Å². The normalized spacial score (nSPS) is 11.9. The fraction of sp³-hybridized carbons (Fsp3) is 0.455. The smallest absolute Gasteiger partial charge is 0.387 e. The van der Waals surface area contributed by atoms with Crippen molar-refractivity contribution in [1.82, 2.24) is 0 Å². The Morgan fingerprint density at radius 2 is 2.00 bits per heavy atom. The van der Waals surface area contributed by atoms with E-state index in [1.807, 2.05) is 0 Å². The summed E-state index contributed by atoms with van der Waals surface area (Å²) in [6, 6.07) is 3.45. The summed E-state index contributed by atoms with van der Waals surface area (Å²) in [6.45, 7) is 0.103. The van der Waals surface area contributed by atoms with E-state index in [9.17, 15) is 18.3 Å². The van der Waals surface area contributed by atoms with Crippen LogP contribution in [0, 0.1) is 5.82 Å². The second-order valence-electron chi connectivity index (χ2n) is 4.12. The number of hydrogen-bond donors (Lipinski definition) is 1. The predicted molar refractivity (Wildman–Crippen MR) is 53.0 cm³/mol. The molecule has 0 bridgehead atoms. The SMILES string of the molecule is CC(C)(O)Cc1ccc(OC(F)F)cc1F. The van der Waals surface area contributed by atoms with Crippen molar-refractivity contribution in [2.45, 2.75) is 32.5 Å². The van der Waals surface area contributed by atoms with Crippen LogP contribution in [0.15, 0.2) is 18.2 Å². The Bertz CT molecular complexity index is 359. The van der Waals surface area contributed by atoms with Crippen molar-refractivity contribution in [2.24, 2.45) is 0 Å². The highest BCUT2D eigenvalue weighted by atomic mass is 19.3. The fourth-order valence-electron chi connectivity index (χ4n) is 1.31. The van der Waals surface area contributed by atoms with Gasteiger partial charge in [0.25, 0.3) is 0 Å². The lowest BCUT2D eigenvalue weighted by Crippen LogP contribution is -2.22. The Hall–Kier alpha value is -1.23. The van der Waals surface area contributed by atoms with E-state index in [1.54, 1.807) is 0 Å². The van der Waals surface area contributed by atoms with Gasteiger partial charge in [-0.3, -0.25) is 0 Å². The fourth-order valence-corrected chi connectivity index (χ4v) is 1.31. The lowest BCUT2D eigenvalue weighted by Gasteiger charge is -2.17. The van der Waals surface area contributed by atoms with Crippen molar-refractivity contribution in [2.75, 3.05) is 0 Å². The first-order valence-corrected chi connectivity index (χ1v) is 4.73. The molecule has 5 heteroatoms. The molecule has 0 aromatic heterocycles. The van der Waals surface area contributed by atoms with Gasteiger partial charge in [0.2, 0.25) is 0 Å². The minimum atomic E-state index is -2.97. The molecule has 0 saturated heterocycles. The standard InChI is InChI=1S/C11H13F3O2/c1-11(2,15)6-7-3-4-8(5-9(7)12)16-10(13)14/h3-5,10,15H,6H2,1-2H3. The van der Waals surface area contributed by atoms with Gasteiger partial charge in [0, 0.05) is 12.5 Å². The van der Waals surface area contributed by atoms with Gasteiger partial charge in [-0.2, -0.15) is 8.78 Å². The maximum Gasteiger partial charge on any atom is 0.387 e. The van der Waals surface area contributed by atoms with E-state index in [2.05, 4.69) is 4.74 Å². The molecule has 1 N–H and O–H groups in total. The van der Waals surface area contributed by atoms with Crippen LogP contribution < -0.4 is 4.74 Å². The summed E-state index contributed by atoms with van der Waals surface area (Å²) in [7, 11) is 0. The van der Waals surface area contributed by atoms with Crippen molar-refractivity contribution in [3.63, 3.8) is 0 Å². The third kappa shape index (κ3) is 4.10.